The van der Waals surface area contributed by atoms with Crippen molar-refractivity contribution < 1.29 is 0 Å². The van der Waals surface area contributed by atoms with Crippen LogP contribution in [-0.4, -0.2) is 6.04 Å². The van der Waals surface area contributed by atoms with Crippen molar-refractivity contribution >= 4 is 6.08 Å². The lowest BCUT2D eigenvalue weighted by atomic mass is 9.98. The highest BCUT2D eigenvalue weighted by molar-refractivity contribution is 5.49. The van der Waals surface area contributed by atoms with Gasteiger partial charge in [-0.05, 0) is 29.9 Å². The maximum atomic E-state index is 8.62. The van der Waals surface area contributed by atoms with Gasteiger partial charge in [0.1, 0.15) is 0 Å². The standard InChI is InChI=1S/C14H17N3/c15-17-16-14(13-8-4-5-9-13)11-10-12-6-2-1-3-7-12/h1-3,6-7,10-11,13-14H,4-5,8-9H2/b11-10+. The molecule has 88 valence electrons. The van der Waals surface area contributed by atoms with Crippen LogP contribution >= 0.6 is 0 Å². The summed E-state index contributed by atoms with van der Waals surface area (Å²) < 4.78 is 0. The average molecular weight is 227 g/mol. The predicted octanol–water partition coefficient (Wildman–Crippen LogP) is 4.57. The van der Waals surface area contributed by atoms with Crippen molar-refractivity contribution in [2.45, 2.75) is 31.7 Å². The molecular formula is C14H17N3. The van der Waals surface area contributed by atoms with Crippen molar-refractivity contribution in [2.24, 2.45) is 11.0 Å². The average Bonchev–Trinajstić information content (AvgIpc) is 2.89. The Morgan fingerprint density at radius 3 is 2.59 bits per heavy atom. The summed E-state index contributed by atoms with van der Waals surface area (Å²) in [6.45, 7) is 0. The van der Waals surface area contributed by atoms with E-state index in [4.69, 9.17) is 5.53 Å². The Morgan fingerprint density at radius 2 is 1.94 bits per heavy atom. The van der Waals surface area contributed by atoms with Crippen LogP contribution in [0, 0.1) is 5.92 Å². The van der Waals surface area contributed by atoms with E-state index in [0.717, 1.165) is 5.56 Å². The summed E-state index contributed by atoms with van der Waals surface area (Å²) in [6, 6.07) is 10.1. The molecule has 3 nitrogen and oxygen atoms in total. The summed E-state index contributed by atoms with van der Waals surface area (Å²) in [5.74, 6) is 0.533. The minimum absolute atomic E-state index is 0.0164. The van der Waals surface area contributed by atoms with Gasteiger partial charge >= 0.3 is 0 Å². The molecule has 0 aromatic heterocycles. The van der Waals surface area contributed by atoms with E-state index >= 15 is 0 Å². The second kappa shape index (κ2) is 6.12. The van der Waals surface area contributed by atoms with E-state index in [0.29, 0.717) is 5.92 Å². The molecule has 1 saturated carbocycles. The summed E-state index contributed by atoms with van der Waals surface area (Å²) in [5, 5.41) is 3.91. The number of rotatable bonds is 4. The van der Waals surface area contributed by atoms with Crippen LogP contribution in [0.1, 0.15) is 31.2 Å². The van der Waals surface area contributed by atoms with Gasteiger partial charge in [0.25, 0.3) is 0 Å². The van der Waals surface area contributed by atoms with Crippen LogP contribution in [-0.2, 0) is 0 Å². The maximum Gasteiger partial charge on any atom is 0.0586 e. The zero-order valence-electron chi connectivity index (χ0n) is 9.87. The van der Waals surface area contributed by atoms with Gasteiger partial charge in [0, 0.05) is 4.91 Å². The SMILES string of the molecule is [N-]=[N+]=NC(/C=C/c1ccccc1)C1CCCC1. The molecule has 1 atom stereocenters. The Morgan fingerprint density at radius 1 is 1.24 bits per heavy atom. The van der Waals surface area contributed by atoms with Crippen molar-refractivity contribution in [1.29, 1.82) is 0 Å². The molecule has 1 aliphatic carbocycles. The van der Waals surface area contributed by atoms with E-state index in [1.807, 2.05) is 24.3 Å². The first kappa shape index (κ1) is 11.7. The molecule has 1 aromatic rings. The summed E-state index contributed by atoms with van der Waals surface area (Å²) in [6.07, 6.45) is 9.00. The molecule has 0 radical (unpaired) electrons. The summed E-state index contributed by atoms with van der Waals surface area (Å²) >= 11 is 0. The first-order valence-corrected chi connectivity index (χ1v) is 6.17. The molecule has 0 N–H and O–H groups in total. The highest BCUT2D eigenvalue weighted by atomic mass is 15.1. The summed E-state index contributed by atoms with van der Waals surface area (Å²) in [4.78, 5) is 2.97. The Hall–Kier alpha value is -1.73. The van der Waals surface area contributed by atoms with Crippen LogP contribution < -0.4 is 0 Å². The Labute approximate surface area is 102 Å². The van der Waals surface area contributed by atoms with Gasteiger partial charge in [-0.15, -0.1) is 0 Å². The van der Waals surface area contributed by atoms with E-state index in [1.54, 1.807) is 0 Å². The van der Waals surface area contributed by atoms with Gasteiger partial charge < -0.3 is 0 Å². The molecule has 1 fully saturated rings. The van der Waals surface area contributed by atoms with Gasteiger partial charge in [-0.2, -0.15) is 0 Å². The number of benzene rings is 1. The lowest BCUT2D eigenvalue weighted by Crippen LogP contribution is -2.11. The van der Waals surface area contributed by atoms with Crippen LogP contribution in [0.25, 0.3) is 16.5 Å². The van der Waals surface area contributed by atoms with Gasteiger partial charge in [-0.1, -0.05) is 60.4 Å². The maximum absolute atomic E-state index is 8.62. The van der Waals surface area contributed by atoms with Gasteiger partial charge in [0.15, 0.2) is 0 Å². The zero-order valence-corrected chi connectivity index (χ0v) is 9.87. The molecule has 3 heteroatoms. The molecule has 1 aliphatic rings. The van der Waals surface area contributed by atoms with Crippen LogP contribution in [0.2, 0.25) is 0 Å². The van der Waals surface area contributed by atoms with E-state index in [9.17, 15) is 0 Å². The molecular weight excluding hydrogens is 210 g/mol. The smallest absolute Gasteiger partial charge is 0.0586 e. The lowest BCUT2D eigenvalue weighted by molar-refractivity contribution is 0.490. The van der Waals surface area contributed by atoms with E-state index in [-0.39, 0.29) is 6.04 Å². The van der Waals surface area contributed by atoms with Crippen LogP contribution in [0.3, 0.4) is 0 Å². The van der Waals surface area contributed by atoms with Crippen molar-refractivity contribution in [3.8, 4) is 0 Å². The second-order valence-electron chi connectivity index (χ2n) is 4.51. The highest BCUT2D eigenvalue weighted by Gasteiger charge is 2.21. The van der Waals surface area contributed by atoms with E-state index in [1.165, 1.54) is 25.7 Å². The van der Waals surface area contributed by atoms with Crippen LogP contribution in [0.15, 0.2) is 41.5 Å². The van der Waals surface area contributed by atoms with E-state index in [2.05, 4.69) is 28.2 Å². The fourth-order valence-electron chi connectivity index (χ4n) is 2.42. The second-order valence-corrected chi connectivity index (χ2v) is 4.51. The molecule has 17 heavy (non-hydrogen) atoms. The van der Waals surface area contributed by atoms with Crippen molar-refractivity contribution in [2.75, 3.05) is 0 Å². The van der Waals surface area contributed by atoms with Crippen molar-refractivity contribution in [1.82, 2.24) is 0 Å². The van der Waals surface area contributed by atoms with Gasteiger partial charge in [0.05, 0.1) is 6.04 Å². The third-order valence-corrected chi connectivity index (χ3v) is 3.35. The Bertz CT molecular complexity index is 412. The van der Waals surface area contributed by atoms with Crippen LogP contribution in [0.5, 0.6) is 0 Å². The molecule has 0 saturated heterocycles. The lowest BCUT2D eigenvalue weighted by Gasteiger charge is -2.13. The Balaban J connectivity index is 2.07. The zero-order chi connectivity index (χ0) is 11.9. The normalized spacial score (nSPS) is 18.1. The number of nitrogens with zero attached hydrogens (tertiary/aromatic N) is 3. The minimum atomic E-state index is 0.0164. The third-order valence-electron chi connectivity index (χ3n) is 3.35. The fraction of sp³-hybridized carbons (Fsp3) is 0.429. The quantitative estimate of drug-likeness (QED) is 0.411. The number of hydrogen-bond donors (Lipinski definition) is 0. The molecule has 0 amide bonds. The summed E-state index contributed by atoms with van der Waals surface area (Å²) in [5.41, 5.74) is 9.77. The van der Waals surface area contributed by atoms with Crippen LogP contribution in [0.4, 0.5) is 0 Å². The number of azide groups is 1. The molecule has 1 unspecified atom stereocenters. The topological polar surface area (TPSA) is 48.8 Å². The van der Waals surface area contributed by atoms with Crippen molar-refractivity contribution in [3.63, 3.8) is 0 Å². The van der Waals surface area contributed by atoms with Gasteiger partial charge in [-0.3, -0.25) is 0 Å². The van der Waals surface area contributed by atoms with Gasteiger partial charge in [-0.25, -0.2) is 0 Å². The number of hydrogen-bond acceptors (Lipinski definition) is 1. The van der Waals surface area contributed by atoms with E-state index < -0.39 is 0 Å². The molecule has 0 aliphatic heterocycles. The first-order chi connectivity index (χ1) is 8.40. The predicted molar refractivity (Wildman–Crippen MR) is 70.4 cm³/mol. The van der Waals surface area contributed by atoms with Crippen molar-refractivity contribution in [3.05, 3.63) is 52.4 Å². The minimum Gasteiger partial charge on any atom is -0.0863 e. The summed E-state index contributed by atoms with van der Waals surface area (Å²) in [7, 11) is 0. The molecule has 0 heterocycles. The fourth-order valence-corrected chi connectivity index (χ4v) is 2.42. The monoisotopic (exact) mass is 227 g/mol. The highest BCUT2D eigenvalue weighted by Crippen LogP contribution is 2.30. The van der Waals surface area contributed by atoms with Gasteiger partial charge in [0.2, 0.25) is 0 Å². The molecule has 2 rings (SSSR count). The molecule has 0 spiro atoms. The first-order valence-electron chi connectivity index (χ1n) is 6.17. The third kappa shape index (κ3) is 3.36. The molecule has 0 bridgehead atoms. The largest absolute Gasteiger partial charge is 0.0863 e. The Kier molecular flexibility index (Phi) is 4.23. The molecule has 1 aromatic carbocycles.